The molecule has 2 atom stereocenters. The van der Waals surface area contributed by atoms with Crippen LogP contribution in [0.3, 0.4) is 0 Å². The third-order valence-corrected chi connectivity index (χ3v) is 3.78. The van der Waals surface area contributed by atoms with Gasteiger partial charge in [0.1, 0.15) is 0 Å². The fraction of sp³-hybridized carbons (Fsp3) is 0.500. The first-order valence-electron chi connectivity index (χ1n) is 6.39. The lowest BCUT2D eigenvalue weighted by Gasteiger charge is -2.25. The summed E-state index contributed by atoms with van der Waals surface area (Å²) in [6.07, 6.45) is 2.79. The molecule has 0 aliphatic carbocycles. The molecule has 0 spiro atoms. The standard InChI is InChI=1S/C14H16BrF2NO/c1-9(15)7-11-3-2-6-18(11)14(19)10-4-5-12(16)13(17)8-10/h4-5,8-9,11H,2-3,6-7H2,1H3. The fourth-order valence-corrected chi connectivity index (χ4v) is 2.95. The van der Waals surface area contributed by atoms with Gasteiger partial charge in [0, 0.05) is 23.0 Å². The molecule has 1 amide bonds. The van der Waals surface area contributed by atoms with E-state index in [2.05, 4.69) is 15.9 Å². The van der Waals surface area contributed by atoms with Crippen LogP contribution >= 0.6 is 15.9 Å². The first-order valence-corrected chi connectivity index (χ1v) is 7.30. The Morgan fingerprint density at radius 2 is 2.21 bits per heavy atom. The molecule has 1 aromatic carbocycles. The van der Waals surface area contributed by atoms with Crippen molar-refractivity contribution >= 4 is 21.8 Å². The summed E-state index contributed by atoms with van der Waals surface area (Å²) in [7, 11) is 0. The Hall–Kier alpha value is -0.970. The zero-order valence-corrected chi connectivity index (χ0v) is 12.3. The summed E-state index contributed by atoms with van der Waals surface area (Å²) in [5.41, 5.74) is 0.216. The number of alkyl halides is 1. The highest BCUT2D eigenvalue weighted by Gasteiger charge is 2.30. The second kappa shape index (κ2) is 5.99. The van der Waals surface area contributed by atoms with Crippen LogP contribution in [-0.4, -0.2) is 28.2 Å². The number of carbonyl (C=O) groups is 1. The molecule has 1 heterocycles. The van der Waals surface area contributed by atoms with Crippen molar-refractivity contribution in [2.75, 3.05) is 6.54 Å². The maximum Gasteiger partial charge on any atom is 0.254 e. The maximum atomic E-state index is 13.2. The zero-order valence-electron chi connectivity index (χ0n) is 10.7. The molecular formula is C14H16BrF2NO. The SMILES string of the molecule is CC(Br)CC1CCCN1C(=O)c1ccc(F)c(F)c1. The van der Waals surface area contributed by atoms with Crippen molar-refractivity contribution in [2.24, 2.45) is 0 Å². The Labute approximate surface area is 119 Å². The molecule has 0 saturated carbocycles. The smallest absolute Gasteiger partial charge is 0.254 e. The number of benzene rings is 1. The van der Waals surface area contributed by atoms with Crippen molar-refractivity contribution in [3.63, 3.8) is 0 Å². The van der Waals surface area contributed by atoms with Gasteiger partial charge in [-0.2, -0.15) is 0 Å². The number of halogens is 3. The molecule has 0 N–H and O–H groups in total. The van der Waals surface area contributed by atoms with Crippen molar-refractivity contribution in [2.45, 2.75) is 37.1 Å². The number of rotatable bonds is 3. The third-order valence-electron chi connectivity index (χ3n) is 3.40. The Balaban J connectivity index is 2.16. The first kappa shape index (κ1) is 14.4. The molecule has 1 aliphatic heterocycles. The van der Waals surface area contributed by atoms with Crippen LogP contribution in [0.5, 0.6) is 0 Å². The molecule has 104 valence electrons. The topological polar surface area (TPSA) is 20.3 Å². The molecule has 19 heavy (non-hydrogen) atoms. The van der Waals surface area contributed by atoms with Gasteiger partial charge in [0.15, 0.2) is 11.6 Å². The van der Waals surface area contributed by atoms with E-state index in [1.165, 1.54) is 6.07 Å². The van der Waals surface area contributed by atoms with Crippen LogP contribution in [0.25, 0.3) is 0 Å². The molecule has 0 aromatic heterocycles. The Kier molecular flexibility index (Phi) is 4.55. The van der Waals surface area contributed by atoms with Gasteiger partial charge >= 0.3 is 0 Å². The second-order valence-electron chi connectivity index (χ2n) is 4.94. The van der Waals surface area contributed by atoms with Crippen LogP contribution in [0.2, 0.25) is 0 Å². The van der Waals surface area contributed by atoms with Gasteiger partial charge in [0.2, 0.25) is 0 Å². The van der Waals surface area contributed by atoms with Crippen LogP contribution in [0.15, 0.2) is 18.2 Å². The number of carbonyl (C=O) groups excluding carboxylic acids is 1. The van der Waals surface area contributed by atoms with Crippen LogP contribution in [-0.2, 0) is 0 Å². The fourth-order valence-electron chi connectivity index (χ4n) is 2.52. The predicted octanol–water partition coefficient (Wildman–Crippen LogP) is 3.74. The van der Waals surface area contributed by atoms with Crippen molar-refractivity contribution in [1.29, 1.82) is 0 Å². The van der Waals surface area contributed by atoms with Crippen molar-refractivity contribution in [3.05, 3.63) is 35.4 Å². The summed E-state index contributed by atoms with van der Waals surface area (Å²) < 4.78 is 26.1. The zero-order chi connectivity index (χ0) is 14.0. The third kappa shape index (κ3) is 3.32. The van der Waals surface area contributed by atoms with Crippen molar-refractivity contribution in [3.8, 4) is 0 Å². The van der Waals surface area contributed by atoms with Crippen LogP contribution in [0, 0.1) is 11.6 Å². The molecule has 0 radical (unpaired) electrons. The van der Waals surface area contributed by atoms with E-state index in [0.29, 0.717) is 11.4 Å². The van der Waals surface area contributed by atoms with E-state index in [4.69, 9.17) is 0 Å². The molecule has 5 heteroatoms. The van der Waals surface area contributed by atoms with E-state index in [-0.39, 0.29) is 17.5 Å². The quantitative estimate of drug-likeness (QED) is 0.772. The Morgan fingerprint density at radius 1 is 1.47 bits per heavy atom. The van der Waals surface area contributed by atoms with Gasteiger partial charge < -0.3 is 4.90 Å². The summed E-state index contributed by atoms with van der Waals surface area (Å²) in [6.45, 7) is 2.72. The normalized spacial score (nSPS) is 20.6. The number of hydrogen-bond donors (Lipinski definition) is 0. The second-order valence-corrected chi connectivity index (χ2v) is 6.50. The molecule has 1 aromatic rings. The van der Waals surface area contributed by atoms with Gasteiger partial charge in [-0.25, -0.2) is 8.78 Å². The molecule has 1 aliphatic rings. The lowest BCUT2D eigenvalue weighted by atomic mass is 10.1. The summed E-state index contributed by atoms with van der Waals surface area (Å²) in [6, 6.07) is 3.49. The van der Waals surface area contributed by atoms with E-state index >= 15 is 0 Å². The van der Waals surface area contributed by atoms with Crippen LogP contribution in [0.1, 0.15) is 36.5 Å². The maximum absolute atomic E-state index is 13.2. The minimum atomic E-state index is -0.976. The molecule has 1 saturated heterocycles. The largest absolute Gasteiger partial charge is 0.336 e. The Morgan fingerprint density at radius 3 is 2.84 bits per heavy atom. The molecule has 1 fully saturated rings. The highest BCUT2D eigenvalue weighted by Crippen LogP contribution is 2.25. The monoisotopic (exact) mass is 331 g/mol. The van der Waals surface area contributed by atoms with Gasteiger partial charge in [0.25, 0.3) is 5.91 Å². The lowest BCUT2D eigenvalue weighted by Crippen LogP contribution is -2.36. The highest BCUT2D eigenvalue weighted by atomic mass is 79.9. The number of hydrogen-bond acceptors (Lipinski definition) is 1. The average molecular weight is 332 g/mol. The van der Waals surface area contributed by atoms with E-state index in [1.807, 2.05) is 6.92 Å². The van der Waals surface area contributed by atoms with Gasteiger partial charge in [0.05, 0.1) is 0 Å². The van der Waals surface area contributed by atoms with E-state index in [9.17, 15) is 13.6 Å². The first-order chi connectivity index (χ1) is 8.99. The summed E-state index contributed by atoms with van der Waals surface area (Å²) >= 11 is 3.49. The number of amides is 1. The molecular weight excluding hydrogens is 316 g/mol. The summed E-state index contributed by atoms with van der Waals surface area (Å²) in [5.74, 6) is -2.12. The number of likely N-dealkylation sites (tertiary alicyclic amines) is 1. The van der Waals surface area contributed by atoms with Gasteiger partial charge in [-0.05, 0) is 37.5 Å². The van der Waals surface area contributed by atoms with Crippen molar-refractivity contribution < 1.29 is 13.6 Å². The summed E-state index contributed by atoms with van der Waals surface area (Å²) in [5, 5.41) is 0. The lowest BCUT2D eigenvalue weighted by molar-refractivity contribution is 0.0731. The van der Waals surface area contributed by atoms with E-state index < -0.39 is 11.6 Å². The average Bonchev–Trinajstić information content (AvgIpc) is 2.79. The molecule has 2 nitrogen and oxygen atoms in total. The van der Waals surface area contributed by atoms with Gasteiger partial charge in [-0.1, -0.05) is 22.9 Å². The van der Waals surface area contributed by atoms with Crippen LogP contribution < -0.4 is 0 Å². The Bertz CT molecular complexity index is 479. The predicted molar refractivity (Wildman–Crippen MR) is 73.4 cm³/mol. The minimum Gasteiger partial charge on any atom is -0.336 e. The van der Waals surface area contributed by atoms with E-state index in [0.717, 1.165) is 31.4 Å². The minimum absolute atomic E-state index is 0.176. The van der Waals surface area contributed by atoms with Gasteiger partial charge in [-0.3, -0.25) is 4.79 Å². The highest BCUT2D eigenvalue weighted by molar-refractivity contribution is 9.09. The molecule has 2 rings (SSSR count). The van der Waals surface area contributed by atoms with Crippen molar-refractivity contribution in [1.82, 2.24) is 4.90 Å². The summed E-state index contributed by atoms with van der Waals surface area (Å²) in [4.78, 5) is 14.4. The van der Waals surface area contributed by atoms with E-state index in [1.54, 1.807) is 4.90 Å². The van der Waals surface area contributed by atoms with Gasteiger partial charge in [-0.15, -0.1) is 0 Å². The van der Waals surface area contributed by atoms with Crippen LogP contribution in [0.4, 0.5) is 8.78 Å². The number of nitrogens with zero attached hydrogens (tertiary/aromatic N) is 1. The molecule has 2 unspecified atom stereocenters. The molecule has 0 bridgehead atoms.